The van der Waals surface area contributed by atoms with Crippen molar-refractivity contribution in [2.75, 3.05) is 11.9 Å². The number of nitrogens with zero attached hydrogens (tertiary/aromatic N) is 2. The lowest BCUT2D eigenvalue weighted by molar-refractivity contribution is 0.208. The summed E-state index contributed by atoms with van der Waals surface area (Å²) in [5, 5.41) is 23.6. The molecule has 0 amide bonds. The van der Waals surface area contributed by atoms with Crippen molar-refractivity contribution >= 4 is 16.7 Å². The first-order valence-electron chi connectivity index (χ1n) is 7.53. The first kappa shape index (κ1) is 15.2. The first-order valence-corrected chi connectivity index (χ1v) is 7.53. The standard InChI is InChI=1S/C18H19N3O2/c1-11-7-8-13-15(9-11)20-18(14-5-3-4-6-16(14)23)21-17(13)19-10-12(2)22/h3-9,12,22-23H,10H2,1-2H3,(H,19,20,21). The number of aliphatic hydroxyl groups excluding tert-OH is 1. The molecular weight excluding hydrogens is 290 g/mol. The summed E-state index contributed by atoms with van der Waals surface area (Å²) in [4.78, 5) is 9.12. The largest absolute Gasteiger partial charge is 0.507 e. The molecule has 0 bridgehead atoms. The van der Waals surface area contributed by atoms with Crippen LogP contribution in [0.2, 0.25) is 0 Å². The Hall–Kier alpha value is -2.66. The maximum Gasteiger partial charge on any atom is 0.165 e. The fraction of sp³-hybridized carbons (Fsp3) is 0.222. The average Bonchev–Trinajstić information content (AvgIpc) is 2.52. The second-order valence-electron chi connectivity index (χ2n) is 5.66. The van der Waals surface area contributed by atoms with Gasteiger partial charge in [-0.15, -0.1) is 0 Å². The number of rotatable bonds is 4. The highest BCUT2D eigenvalue weighted by Gasteiger charge is 2.12. The number of phenols is 1. The second kappa shape index (κ2) is 6.22. The van der Waals surface area contributed by atoms with Gasteiger partial charge in [-0.3, -0.25) is 0 Å². The van der Waals surface area contributed by atoms with Crippen molar-refractivity contribution in [1.82, 2.24) is 9.97 Å². The molecule has 0 aliphatic heterocycles. The summed E-state index contributed by atoms with van der Waals surface area (Å²) in [6.07, 6.45) is -0.487. The van der Waals surface area contributed by atoms with E-state index in [4.69, 9.17) is 0 Å². The number of hydrogen-bond donors (Lipinski definition) is 3. The van der Waals surface area contributed by atoms with Crippen LogP contribution >= 0.6 is 0 Å². The SMILES string of the molecule is Cc1ccc2c(NCC(C)O)nc(-c3ccccc3O)nc2c1. The lowest BCUT2D eigenvalue weighted by atomic mass is 10.1. The zero-order chi connectivity index (χ0) is 16.4. The third kappa shape index (κ3) is 3.24. The van der Waals surface area contributed by atoms with Crippen LogP contribution in [0.15, 0.2) is 42.5 Å². The van der Waals surface area contributed by atoms with Gasteiger partial charge in [0.2, 0.25) is 0 Å². The maximum atomic E-state index is 10.1. The van der Waals surface area contributed by atoms with Crippen LogP contribution in [0.25, 0.3) is 22.3 Å². The molecule has 3 aromatic rings. The third-order valence-corrected chi connectivity index (χ3v) is 3.56. The topological polar surface area (TPSA) is 78.3 Å². The summed E-state index contributed by atoms with van der Waals surface area (Å²) < 4.78 is 0. The number of nitrogens with one attached hydrogen (secondary N) is 1. The van der Waals surface area contributed by atoms with Crippen LogP contribution in [0, 0.1) is 6.92 Å². The molecular formula is C18H19N3O2. The zero-order valence-electron chi connectivity index (χ0n) is 13.1. The number of benzene rings is 2. The monoisotopic (exact) mass is 309 g/mol. The Balaban J connectivity index is 2.17. The molecule has 0 spiro atoms. The Morgan fingerprint density at radius 2 is 1.91 bits per heavy atom. The van der Waals surface area contributed by atoms with Crippen molar-refractivity contribution in [1.29, 1.82) is 0 Å². The fourth-order valence-corrected chi connectivity index (χ4v) is 2.40. The van der Waals surface area contributed by atoms with E-state index in [0.29, 0.717) is 23.8 Å². The van der Waals surface area contributed by atoms with E-state index < -0.39 is 6.10 Å². The van der Waals surface area contributed by atoms with Gasteiger partial charge in [0, 0.05) is 11.9 Å². The molecule has 2 aromatic carbocycles. The number of hydrogen-bond acceptors (Lipinski definition) is 5. The number of aromatic hydroxyl groups is 1. The van der Waals surface area contributed by atoms with Crippen molar-refractivity contribution in [2.45, 2.75) is 20.0 Å². The number of phenolic OH excluding ortho intramolecular Hbond substituents is 1. The summed E-state index contributed by atoms with van der Waals surface area (Å²) in [5.74, 6) is 1.24. The molecule has 3 N–H and O–H groups in total. The number of fused-ring (bicyclic) bond motifs is 1. The van der Waals surface area contributed by atoms with Crippen molar-refractivity contribution in [3.8, 4) is 17.1 Å². The van der Waals surface area contributed by atoms with Gasteiger partial charge >= 0.3 is 0 Å². The van der Waals surface area contributed by atoms with E-state index >= 15 is 0 Å². The highest BCUT2D eigenvalue weighted by atomic mass is 16.3. The van der Waals surface area contributed by atoms with Crippen LogP contribution in [-0.2, 0) is 0 Å². The summed E-state index contributed by atoms with van der Waals surface area (Å²) in [6, 6.07) is 12.9. The molecule has 5 nitrogen and oxygen atoms in total. The van der Waals surface area contributed by atoms with Crippen LogP contribution in [0.4, 0.5) is 5.82 Å². The lowest BCUT2D eigenvalue weighted by Crippen LogP contribution is -2.16. The highest BCUT2D eigenvalue weighted by molar-refractivity contribution is 5.91. The molecule has 0 saturated carbocycles. The molecule has 1 heterocycles. The zero-order valence-corrected chi connectivity index (χ0v) is 13.1. The molecule has 1 aromatic heterocycles. The number of aryl methyl sites for hydroxylation is 1. The molecule has 3 rings (SSSR count). The smallest absolute Gasteiger partial charge is 0.165 e. The minimum Gasteiger partial charge on any atom is -0.507 e. The van der Waals surface area contributed by atoms with E-state index in [1.807, 2.05) is 31.2 Å². The van der Waals surface area contributed by atoms with Crippen LogP contribution < -0.4 is 5.32 Å². The molecule has 0 radical (unpaired) electrons. The molecule has 23 heavy (non-hydrogen) atoms. The van der Waals surface area contributed by atoms with E-state index in [2.05, 4.69) is 15.3 Å². The van der Waals surface area contributed by atoms with Crippen molar-refractivity contribution in [3.63, 3.8) is 0 Å². The van der Waals surface area contributed by atoms with Gasteiger partial charge in [-0.1, -0.05) is 18.2 Å². The van der Waals surface area contributed by atoms with Crippen LogP contribution in [0.5, 0.6) is 5.75 Å². The predicted molar refractivity (Wildman–Crippen MR) is 91.5 cm³/mol. The summed E-state index contributed by atoms with van der Waals surface area (Å²) in [6.45, 7) is 4.11. The molecule has 118 valence electrons. The van der Waals surface area contributed by atoms with Gasteiger partial charge in [0.1, 0.15) is 11.6 Å². The number of anilines is 1. The molecule has 0 aliphatic carbocycles. The Labute approximate surface area is 134 Å². The summed E-state index contributed by atoms with van der Waals surface area (Å²) in [5.41, 5.74) is 2.48. The highest BCUT2D eigenvalue weighted by Crippen LogP contribution is 2.30. The molecule has 1 atom stereocenters. The molecule has 0 saturated heterocycles. The Kier molecular flexibility index (Phi) is 4.12. The summed E-state index contributed by atoms with van der Waals surface area (Å²) >= 11 is 0. The van der Waals surface area contributed by atoms with E-state index in [9.17, 15) is 10.2 Å². The van der Waals surface area contributed by atoms with Crippen LogP contribution in [0.3, 0.4) is 0 Å². The quantitative estimate of drug-likeness (QED) is 0.690. The second-order valence-corrected chi connectivity index (χ2v) is 5.66. The average molecular weight is 309 g/mol. The van der Waals surface area contributed by atoms with E-state index in [1.165, 1.54) is 0 Å². The third-order valence-electron chi connectivity index (χ3n) is 3.56. The van der Waals surface area contributed by atoms with Crippen molar-refractivity contribution in [3.05, 3.63) is 48.0 Å². The van der Waals surface area contributed by atoms with Gasteiger partial charge < -0.3 is 15.5 Å². The number of aliphatic hydroxyl groups is 1. The van der Waals surface area contributed by atoms with Gasteiger partial charge in [-0.05, 0) is 43.7 Å². The molecule has 1 unspecified atom stereocenters. The van der Waals surface area contributed by atoms with Crippen molar-refractivity contribution in [2.24, 2.45) is 0 Å². The first-order chi connectivity index (χ1) is 11.0. The molecule has 0 fully saturated rings. The van der Waals surface area contributed by atoms with E-state index in [1.54, 1.807) is 25.1 Å². The maximum absolute atomic E-state index is 10.1. The van der Waals surface area contributed by atoms with Crippen LogP contribution in [0.1, 0.15) is 12.5 Å². The predicted octanol–water partition coefficient (Wildman–Crippen LogP) is 3.10. The van der Waals surface area contributed by atoms with Gasteiger partial charge in [0.25, 0.3) is 0 Å². The number of aromatic nitrogens is 2. The minimum absolute atomic E-state index is 0.140. The van der Waals surface area contributed by atoms with Gasteiger partial charge in [0.15, 0.2) is 5.82 Å². The minimum atomic E-state index is -0.487. The Morgan fingerprint density at radius 3 is 2.65 bits per heavy atom. The Bertz CT molecular complexity index is 847. The lowest BCUT2D eigenvalue weighted by Gasteiger charge is -2.13. The van der Waals surface area contributed by atoms with Gasteiger partial charge in [-0.2, -0.15) is 0 Å². The van der Waals surface area contributed by atoms with E-state index in [-0.39, 0.29) is 5.75 Å². The summed E-state index contributed by atoms with van der Waals surface area (Å²) in [7, 11) is 0. The number of para-hydroxylation sites is 1. The van der Waals surface area contributed by atoms with E-state index in [0.717, 1.165) is 16.5 Å². The van der Waals surface area contributed by atoms with Gasteiger partial charge in [-0.25, -0.2) is 9.97 Å². The van der Waals surface area contributed by atoms with Crippen LogP contribution in [-0.4, -0.2) is 32.8 Å². The molecule has 5 heteroatoms. The fourth-order valence-electron chi connectivity index (χ4n) is 2.40. The normalized spacial score (nSPS) is 12.3. The van der Waals surface area contributed by atoms with Gasteiger partial charge in [0.05, 0.1) is 17.2 Å². The molecule has 0 aliphatic rings. The Morgan fingerprint density at radius 1 is 1.13 bits per heavy atom. The van der Waals surface area contributed by atoms with Crippen molar-refractivity contribution < 1.29 is 10.2 Å².